The van der Waals surface area contributed by atoms with Crippen LogP contribution in [0.1, 0.15) is 51.7 Å². The summed E-state index contributed by atoms with van der Waals surface area (Å²) in [4.78, 5) is 23.0. The average molecular weight is 390 g/mol. The van der Waals surface area contributed by atoms with Crippen LogP contribution in [0.2, 0.25) is 0 Å². The second-order valence-electron chi connectivity index (χ2n) is 8.22. The minimum Gasteiger partial charge on any atom is -0.444 e. The molecule has 2 rings (SSSR count). The molecule has 2 heterocycles. The van der Waals surface area contributed by atoms with Crippen LogP contribution in [0.3, 0.4) is 0 Å². The number of ether oxygens (including phenoxy) is 1. The molecule has 7 nitrogen and oxygen atoms in total. The van der Waals surface area contributed by atoms with Crippen LogP contribution in [0.25, 0.3) is 0 Å². The number of aryl methyl sites for hydroxylation is 1. The molecule has 1 saturated heterocycles. The van der Waals surface area contributed by atoms with Gasteiger partial charge in [0.25, 0.3) is 0 Å². The fourth-order valence-electron chi connectivity index (χ4n) is 3.17. The Bertz CT molecular complexity index is 669. The van der Waals surface area contributed by atoms with Gasteiger partial charge in [0.1, 0.15) is 5.60 Å². The van der Waals surface area contributed by atoms with Crippen molar-refractivity contribution in [2.45, 2.75) is 65.5 Å². The number of carbonyl (C=O) groups excluding carboxylic acids is 1. The van der Waals surface area contributed by atoms with Crippen LogP contribution in [-0.2, 0) is 11.2 Å². The summed E-state index contributed by atoms with van der Waals surface area (Å²) >= 11 is 0. The monoisotopic (exact) mass is 389 g/mol. The number of rotatable bonds is 5. The molecule has 0 aliphatic carbocycles. The van der Waals surface area contributed by atoms with Crippen molar-refractivity contribution >= 4 is 12.1 Å². The number of guanidine groups is 1. The number of amides is 1. The smallest absolute Gasteiger partial charge is 0.410 e. The quantitative estimate of drug-likeness (QED) is 0.598. The van der Waals surface area contributed by atoms with Gasteiger partial charge in [-0.05, 0) is 71.1 Å². The third kappa shape index (κ3) is 7.37. The van der Waals surface area contributed by atoms with Crippen LogP contribution in [0.4, 0.5) is 4.79 Å². The second-order valence-corrected chi connectivity index (χ2v) is 8.22. The zero-order valence-corrected chi connectivity index (χ0v) is 17.9. The number of aliphatic imine (C=N–C) groups is 1. The van der Waals surface area contributed by atoms with Crippen LogP contribution in [0.15, 0.2) is 23.5 Å². The lowest BCUT2D eigenvalue weighted by atomic mass is 10.1. The third-order valence-electron chi connectivity index (χ3n) is 4.55. The van der Waals surface area contributed by atoms with Gasteiger partial charge in [0.05, 0.1) is 0 Å². The van der Waals surface area contributed by atoms with E-state index in [0.717, 1.165) is 38.3 Å². The van der Waals surface area contributed by atoms with Crippen molar-refractivity contribution in [3.63, 3.8) is 0 Å². The maximum atomic E-state index is 12.4. The molecule has 28 heavy (non-hydrogen) atoms. The van der Waals surface area contributed by atoms with Crippen molar-refractivity contribution in [1.29, 1.82) is 0 Å². The van der Waals surface area contributed by atoms with Crippen molar-refractivity contribution in [2.24, 2.45) is 4.99 Å². The van der Waals surface area contributed by atoms with Crippen LogP contribution in [-0.4, -0.2) is 59.8 Å². The van der Waals surface area contributed by atoms with Gasteiger partial charge >= 0.3 is 6.09 Å². The van der Waals surface area contributed by atoms with Gasteiger partial charge in [-0.25, -0.2) is 4.79 Å². The van der Waals surface area contributed by atoms with Gasteiger partial charge in [-0.3, -0.25) is 9.98 Å². The maximum Gasteiger partial charge on any atom is 0.410 e. The Kier molecular flexibility index (Phi) is 8.08. The van der Waals surface area contributed by atoms with Crippen LogP contribution in [0, 0.1) is 6.92 Å². The topological polar surface area (TPSA) is 78.9 Å². The molecule has 0 radical (unpaired) electrons. The van der Waals surface area contributed by atoms with E-state index in [2.05, 4.69) is 29.5 Å². The molecule has 0 bridgehead atoms. The SMILES string of the molecule is CCNC(=NCCc1ccncc1C)NC1CCCN(C(=O)OC(C)(C)C)C1. The molecule has 1 unspecified atom stereocenters. The molecule has 1 aromatic rings. The van der Waals surface area contributed by atoms with E-state index < -0.39 is 5.60 Å². The molecule has 1 fully saturated rings. The lowest BCUT2D eigenvalue weighted by Gasteiger charge is -2.35. The molecule has 1 aromatic heterocycles. The minimum atomic E-state index is -0.473. The Morgan fingerprint density at radius 2 is 2.21 bits per heavy atom. The van der Waals surface area contributed by atoms with Crippen LogP contribution < -0.4 is 10.6 Å². The summed E-state index contributed by atoms with van der Waals surface area (Å²) in [7, 11) is 0. The van der Waals surface area contributed by atoms with Crippen molar-refractivity contribution < 1.29 is 9.53 Å². The van der Waals surface area contributed by atoms with Gasteiger partial charge in [0.15, 0.2) is 5.96 Å². The summed E-state index contributed by atoms with van der Waals surface area (Å²) in [5.74, 6) is 0.797. The molecule has 1 aliphatic heterocycles. The van der Waals surface area contributed by atoms with Crippen molar-refractivity contribution in [3.8, 4) is 0 Å². The fourth-order valence-corrected chi connectivity index (χ4v) is 3.17. The molecular formula is C21H35N5O2. The number of nitrogens with zero attached hydrogens (tertiary/aromatic N) is 3. The first-order chi connectivity index (χ1) is 13.3. The number of carbonyl (C=O) groups is 1. The molecule has 2 N–H and O–H groups in total. The highest BCUT2D eigenvalue weighted by Gasteiger charge is 2.28. The standard InChI is InChI=1S/C21H35N5O2/c1-6-23-19(24-12-10-17-9-11-22-14-16(17)2)25-18-8-7-13-26(15-18)20(27)28-21(3,4)5/h9,11,14,18H,6-8,10,12-13,15H2,1-5H3,(H2,23,24,25). The average Bonchev–Trinajstić information content (AvgIpc) is 2.62. The fraction of sp³-hybridized carbons (Fsp3) is 0.667. The molecular weight excluding hydrogens is 354 g/mol. The van der Waals surface area contributed by atoms with E-state index in [0.29, 0.717) is 13.1 Å². The molecule has 7 heteroatoms. The van der Waals surface area contributed by atoms with Crippen molar-refractivity contribution in [2.75, 3.05) is 26.2 Å². The number of likely N-dealkylation sites (tertiary alicyclic amines) is 1. The van der Waals surface area contributed by atoms with Gasteiger partial charge in [0, 0.05) is 44.6 Å². The van der Waals surface area contributed by atoms with Gasteiger partial charge < -0.3 is 20.3 Å². The number of aromatic nitrogens is 1. The normalized spacial score (nSPS) is 18.0. The molecule has 1 atom stereocenters. The highest BCUT2D eigenvalue weighted by Crippen LogP contribution is 2.15. The van der Waals surface area contributed by atoms with Gasteiger partial charge in [-0.2, -0.15) is 0 Å². The Labute approximate surface area is 169 Å². The van der Waals surface area contributed by atoms with E-state index in [1.54, 1.807) is 4.90 Å². The number of hydrogen-bond donors (Lipinski definition) is 2. The highest BCUT2D eigenvalue weighted by molar-refractivity contribution is 5.80. The van der Waals surface area contributed by atoms with E-state index in [4.69, 9.17) is 9.73 Å². The highest BCUT2D eigenvalue weighted by atomic mass is 16.6. The molecule has 0 saturated carbocycles. The zero-order chi connectivity index (χ0) is 20.6. The van der Waals surface area contributed by atoms with E-state index in [1.807, 2.05) is 39.2 Å². The van der Waals surface area contributed by atoms with Crippen molar-refractivity contribution in [3.05, 3.63) is 29.6 Å². The summed E-state index contributed by atoms with van der Waals surface area (Å²) in [6.45, 7) is 12.7. The second kappa shape index (κ2) is 10.3. The van der Waals surface area contributed by atoms with Crippen molar-refractivity contribution in [1.82, 2.24) is 20.5 Å². The predicted octanol–water partition coefficient (Wildman–Crippen LogP) is 2.89. The Morgan fingerprint density at radius 3 is 2.89 bits per heavy atom. The van der Waals surface area contributed by atoms with E-state index in [-0.39, 0.29) is 12.1 Å². The molecule has 0 spiro atoms. The minimum absolute atomic E-state index is 0.168. The first kappa shape index (κ1) is 22.0. The molecule has 0 aromatic carbocycles. The Balaban J connectivity index is 1.91. The van der Waals surface area contributed by atoms with Gasteiger partial charge in [-0.1, -0.05) is 0 Å². The summed E-state index contributed by atoms with van der Waals surface area (Å²) in [5.41, 5.74) is 1.98. The summed E-state index contributed by atoms with van der Waals surface area (Å²) < 4.78 is 5.51. The zero-order valence-electron chi connectivity index (χ0n) is 17.9. The predicted molar refractivity (Wildman–Crippen MR) is 113 cm³/mol. The van der Waals surface area contributed by atoms with Crippen LogP contribution in [0.5, 0.6) is 0 Å². The number of nitrogens with one attached hydrogen (secondary N) is 2. The summed E-state index contributed by atoms with van der Waals surface area (Å²) in [6.07, 6.45) is 6.30. The Hall–Kier alpha value is -2.31. The summed E-state index contributed by atoms with van der Waals surface area (Å²) in [5, 5.41) is 6.79. The molecule has 156 valence electrons. The Morgan fingerprint density at radius 1 is 1.43 bits per heavy atom. The van der Waals surface area contributed by atoms with Gasteiger partial charge in [0.2, 0.25) is 0 Å². The largest absolute Gasteiger partial charge is 0.444 e. The lowest BCUT2D eigenvalue weighted by Crippen LogP contribution is -2.53. The van der Waals surface area contributed by atoms with Crippen LogP contribution >= 0.6 is 0 Å². The van der Waals surface area contributed by atoms with E-state index in [1.165, 1.54) is 11.1 Å². The summed E-state index contributed by atoms with van der Waals surface area (Å²) in [6, 6.07) is 2.21. The molecule has 1 amide bonds. The number of piperidine rings is 1. The van der Waals surface area contributed by atoms with E-state index in [9.17, 15) is 4.79 Å². The van der Waals surface area contributed by atoms with E-state index >= 15 is 0 Å². The lowest BCUT2D eigenvalue weighted by molar-refractivity contribution is 0.0193. The third-order valence-corrected chi connectivity index (χ3v) is 4.55. The maximum absolute atomic E-state index is 12.4. The molecule has 1 aliphatic rings. The van der Waals surface area contributed by atoms with Gasteiger partial charge in [-0.15, -0.1) is 0 Å². The number of hydrogen-bond acceptors (Lipinski definition) is 4. The first-order valence-electron chi connectivity index (χ1n) is 10.2. The first-order valence-corrected chi connectivity index (χ1v) is 10.2. The number of pyridine rings is 1.